The Morgan fingerprint density at radius 1 is 1.05 bits per heavy atom. The van der Waals surface area contributed by atoms with E-state index < -0.39 is 5.75 Å². The fourth-order valence-corrected chi connectivity index (χ4v) is 2.50. The Bertz CT molecular complexity index is 619. The Hall–Kier alpha value is -1.34. The average molecular weight is 392 g/mol. The Labute approximate surface area is 128 Å². The summed E-state index contributed by atoms with van der Waals surface area (Å²) in [6.45, 7) is 0.278. The number of aromatic hydroxyl groups is 3. The molecule has 19 heavy (non-hydrogen) atoms. The number of halogens is 2. The first kappa shape index (κ1) is 14.1. The minimum absolute atomic E-state index is 0.278. The minimum Gasteiger partial charge on any atom is -0.504 e. The molecule has 0 aliphatic rings. The third-order valence-corrected chi connectivity index (χ3v) is 3.60. The van der Waals surface area contributed by atoms with Gasteiger partial charge in [-0.15, -0.1) is 0 Å². The van der Waals surface area contributed by atoms with Gasteiger partial charge in [0.15, 0.2) is 11.5 Å². The van der Waals surface area contributed by atoms with E-state index in [0.29, 0.717) is 10.6 Å². The van der Waals surface area contributed by atoms with Gasteiger partial charge in [-0.2, -0.15) is 0 Å². The van der Waals surface area contributed by atoms with Crippen LogP contribution in [0.4, 0.5) is 5.69 Å². The van der Waals surface area contributed by atoms with Crippen LogP contribution in [0.2, 0.25) is 5.02 Å². The summed E-state index contributed by atoms with van der Waals surface area (Å²) in [6.07, 6.45) is 0. The summed E-state index contributed by atoms with van der Waals surface area (Å²) in [5.74, 6) is -1.21. The van der Waals surface area contributed by atoms with Crippen LogP contribution in [-0.4, -0.2) is 15.3 Å². The van der Waals surface area contributed by atoms with Crippen molar-refractivity contribution in [1.82, 2.24) is 0 Å². The zero-order valence-electron chi connectivity index (χ0n) is 9.69. The number of anilines is 1. The lowest BCUT2D eigenvalue weighted by Crippen LogP contribution is -2.00. The third kappa shape index (κ3) is 3.16. The summed E-state index contributed by atoms with van der Waals surface area (Å²) < 4.78 is 1.03. The highest BCUT2D eigenvalue weighted by Gasteiger charge is 2.11. The molecular formula is C13H11ClINO3. The highest BCUT2D eigenvalue weighted by atomic mass is 127. The van der Waals surface area contributed by atoms with E-state index in [1.807, 2.05) is 18.2 Å². The molecule has 0 spiro atoms. The normalized spacial score (nSPS) is 10.4. The highest BCUT2D eigenvalue weighted by Crippen LogP contribution is 2.37. The lowest BCUT2D eigenvalue weighted by molar-refractivity contribution is 0.365. The number of rotatable bonds is 3. The van der Waals surface area contributed by atoms with Gasteiger partial charge in [-0.25, -0.2) is 0 Å². The minimum atomic E-state index is -0.520. The van der Waals surface area contributed by atoms with E-state index in [0.717, 1.165) is 9.26 Å². The predicted octanol–water partition coefficient (Wildman–Crippen LogP) is 3.67. The molecule has 6 heteroatoms. The molecule has 0 fully saturated rings. The molecule has 2 rings (SSSR count). The molecular weight excluding hydrogens is 381 g/mol. The van der Waals surface area contributed by atoms with Gasteiger partial charge in [0.2, 0.25) is 5.75 Å². The lowest BCUT2D eigenvalue weighted by atomic mass is 10.1. The molecule has 2 aromatic rings. The van der Waals surface area contributed by atoms with Crippen LogP contribution in [-0.2, 0) is 6.54 Å². The molecule has 0 unspecified atom stereocenters. The van der Waals surface area contributed by atoms with Crippen molar-refractivity contribution in [3.05, 3.63) is 44.5 Å². The second-order valence-corrected chi connectivity index (χ2v) is 5.57. The summed E-state index contributed by atoms with van der Waals surface area (Å²) in [7, 11) is 0. The molecule has 0 saturated heterocycles. The van der Waals surface area contributed by atoms with E-state index >= 15 is 0 Å². The van der Waals surface area contributed by atoms with Gasteiger partial charge in [0.25, 0.3) is 0 Å². The summed E-state index contributed by atoms with van der Waals surface area (Å²) in [4.78, 5) is 0. The van der Waals surface area contributed by atoms with Gasteiger partial charge in [0.1, 0.15) is 0 Å². The van der Waals surface area contributed by atoms with E-state index in [4.69, 9.17) is 11.6 Å². The monoisotopic (exact) mass is 391 g/mol. The van der Waals surface area contributed by atoms with Gasteiger partial charge in [0, 0.05) is 15.7 Å². The molecule has 4 nitrogen and oxygen atoms in total. The summed E-state index contributed by atoms with van der Waals surface area (Å²) in [6, 6.07) is 8.41. The molecule has 0 saturated carbocycles. The fraction of sp³-hybridized carbons (Fsp3) is 0.0769. The van der Waals surface area contributed by atoms with Crippen molar-refractivity contribution in [3.63, 3.8) is 0 Å². The van der Waals surface area contributed by atoms with Crippen LogP contribution < -0.4 is 5.32 Å². The van der Waals surface area contributed by atoms with E-state index in [9.17, 15) is 15.3 Å². The van der Waals surface area contributed by atoms with Crippen LogP contribution in [0.5, 0.6) is 17.2 Å². The zero-order chi connectivity index (χ0) is 14.0. The van der Waals surface area contributed by atoms with Crippen molar-refractivity contribution < 1.29 is 15.3 Å². The molecule has 0 radical (unpaired) electrons. The molecule has 0 aliphatic carbocycles. The van der Waals surface area contributed by atoms with E-state index in [1.54, 1.807) is 0 Å². The Balaban J connectivity index is 2.17. The van der Waals surface area contributed by atoms with Crippen LogP contribution in [0, 0.1) is 3.57 Å². The van der Waals surface area contributed by atoms with Crippen molar-refractivity contribution in [3.8, 4) is 17.2 Å². The van der Waals surface area contributed by atoms with E-state index in [1.165, 1.54) is 12.1 Å². The second-order valence-electron chi connectivity index (χ2n) is 3.92. The zero-order valence-corrected chi connectivity index (χ0v) is 12.6. The molecule has 100 valence electrons. The van der Waals surface area contributed by atoms with Crippen LogP contribution in [0.15, 0.2) is 30.3 Å². The third-order valence-electron chi connectivity index (χ3n) is 2.61. The topological polar surface area (TPSA) is 72.7 Å². The number of nitrogens with one attached hydrogen (secondary N) is 1. The first-order valence-electron chi connectivity index (χ1n) is 5.40. The number of benzene rings is 2. The van der Waals surface area contributed by atoms with E-state index in [-0.39, 0.29) is 18.0 Å². The molecule has 2 aromatic carbocycles. The van der Waals surface area contributed by atoms with E-state index in [2.05, 4.69) is 27.9 Å². The van der Waals surface area contributed by atoms with Crippen molar-refractivity contribution in [2.75, 3.05) is 5.32 Å². The number of phenols is 3. The van der Waals surface area contributed by atoms with Gasteiger partial charge in [-0.1, -0.05) is 11.6 Å². The van der Waals surface area contributed by atoms with Gasteiger partial charge in [0.05, 0.1) is 10.7 Å². The molecule has 0 aromatic heterocycles. The second kappa shape index (κ2) is 5.75. The van der Waals surface area contributed by atoms with Gasteiger partial charge in [-0.05, 0) is 52.9 Å². The predicted molar refractivity (Wildman–Crippen MR) is 82.9 cm³/mol. The van der Waals surface area contributed by atoms with Crippen LogP contribution in [0.25, 0.3) is 0 Å². The summed E-state index contributed by atoms with van der Waals surface area (Å²) in [5, 5.41) is 32.0. The molecule has 0 bridgehead atoms. The lowest BCUT2D eigenvalue weighted by Gasteiger charge is -2.11. The largest absolute Gasteiger partial charge is 0.504 e. The molecule has 0 atom stereocenters. The smallest absolute Gasteiger partial charge is 0.200 e. The fourth-order valence-electron chi connectivity index (χ4n) is 1.58. The van der Waals surface area contributed by atoms with Crippen LogP contribution >= 0.6 is 34.2 Å². The summed E-state index contributed by atoms with van der Waals surface area (Å²) >= 11 is 8.24. The Morgan fingerprint density at radius 3 is 2.47 bits per heavy atom. The Morgan fingerprint density at radius 2 is 1.79 bits per heavy atom. The van der Waals surface area contributed by atoms with Crippen molar-refractivity contribution >= 4 is 39.9 Å². The molecule has 4 N–H and O–H groups in total. The average Bonchev–Trinajstić information content (AvgIpc) is 2.37. The number of phenolic OH excluding ortho intramolecular Hbond substituents is 3. The van der Waals surface area contributed by atoms with Gasteiger partial charge in [-0.3, -0.25) is 0 Å². The molecule has 0 aliphatic heterocycles. The maximum absolute atomic E-state index is 9.69. The van der Waals surface area contributed by atoms with Gasteiger partial charge < -0.3 is 20.6 Å². The molecule has 0 heterocycles. The quantitative estimate of drug-likeness (QED) is 0.476. The van der Waals surface area contributed by atoms with Crippen LogP contribution in [0.1, 0.15) is 5.56 Å². The van der Waals surface area contributed by atoms with Crippen molar-refractivity contribution in [2.24, 2.45) is 0 Å². The SMILES string of the molecule is Oc1ccc(CNc2ccc(I)cc2Cl)c(O)c1O. The maximum Gasteiger partial charge on any atom is 0.200 e. The number of hydrogen-bond donors (Lipinski definition) is 4. The summed E-state index contributed by atoms with van der Waals surface area (Å²) in [5.41, 5.74) is 1.19. The van der Waals surface area contributed by atoms with Crippen molar-refractivity contribution in [1.29, 1.82) is 0 Å². The highest BCUT2D eigenvalue weighted by molar-refractivity contribution is 14.1. The van der Waals surface area contributed by atoms with Gasteiger partial charge >= 0.3 is 0 Å². The maximum atomic E-state index is 9.69. The van der Waals surface area contributed by atoms with Crippen molar-refractivity contribution in [2.45, 2.75) is 6.54 Å². The first-order valence-corrected chi connectivity index (χ1v) is 6.86. The van der Waals surface area contributed by atoms with Crippen LogP contribution in [0.3, 0.4) is 0 Å². The number of hydrogen-bond acceptors (Lipinski definition) is 4. The first-order chi connectivity index (χ1) is 8.99. The standard InChI is InChI=1S/C13H11ClINO3/c14-9-5-8(15)2-3-10(9)16-6-7-1-4-11(17)13(19)12(7)18/h1-5,16-19H,6H2. The Kier molecular flexibility index (Phi) is 4.26. The molecule has 0 amide bonds.